The molecule has 0 aliphatic carbocycles. The number of sulfone groups is 1. The SMILES string of the molecule is CS(=O)(=O)c1ccc(-n2ccc3c2=[NH+]C(=Nc2ccccc2)[CH]C=3)cc1.[HH]. The van der Waals surface area contributed by atoms with E-state index in [9.17, 15) is 8.42 Å². The summed E-state index contributed by atoms with van der Waals surface area (Å²) in [7, 11) is -3.20. The number of hydrogen-bond acceptors (Lipinski definition) is 3. The first-order chi connectivity index (χ1) is 12.5. The molecular weight excluding hydrogens is 346 g/mol. The number of nitrogens with one attached hydrogen (secondary N) is 1. The van der Waals surface area contributed by atoms with Crippen molar-refractivity contribution in [2.24, 2.45) is 4.99 Å². The predicted octanol–water partition coefficient (Wildman–Crippen LogP) is 0.556. The van der Waals surface area contributed by atoms with Crippen molar-refractivity contribution in [3.63, 3.8) is 0 Å². The number of para-hydroxylation sites is 1. The average Bonchev–Trinajstić information content (AvgIpc) is 3.05. The van der Waals surface area contributed by atoms with Crippen molar-refractivity contribution >= 4 is 27.4 Å². The fourth-order valence-corrected chi connectivity index (χ4v) is 3.45. The lowest BCUT2D eigenvalue weighted by atomic mass is 10.2. The predicted molar refractivity (Wildman–Crippen MR) is 103 cm³/mol. The van der Waals surface area contributed by atoms with Crippen LogP contribution in [0.3, 0.4) is 0 Å². The Labute approximate surface area is 153 Å². The molecule has 0 amide bonds. The third kappa shape index (κ3) is 3.23. The lowest BCUT2D eigenvalue weighted by molar-refractivity contribution is -0.372. The summed E-state index contributed by atoms with van der Waals surface area (Å²) in [6, 6.07) is 18.6. The molecule has 5 nitrogen and oxygen atoms in total. The Morgan fingerprint density at radius 2 is 1.73 bits per heavy atom. The number of hydrogen-bond donors (Lipinski definition) is 1. The average molecular weight is 365 g/mol. The van der Waals surface area contributed by atoms with Gasteiger partial charge < -0.3 is 0 Å². The molecule has 4 rings (SSSR count). The summed E-state index contributed by atoms with van der Waals surface area (Å²) in [5.74, 6) is 0.747. The molecule has 0 bridgehead atoms. The second-order valence-electron chi connectivity index (χ2n) is 6.05. The van der Waals surface area contributed by atoms with Crippen LogP contribution in [0, 0.1) is 6.42 Å². The van der Waals surface area contributed by atoms with Crippen molar-refractivity contribution in [1.29, 1.82) is 0 Å². The molecule has 0 atom stereocenters. The van der Waals surface area contributed by atoms with Crippen molar-refractivity contribution < 1.29 is 14.8 Å². The van der Waals surface area contributed by atoms with Crippen LogP contribution in [-0.4, -0.2) is 25.1 Å². The van der Waals surface area contributed by atoms with Gasteiger partial charge in [-0.15, -0.1) is 4.99 Å². The molecule has 0 saturated carbocycles. The molecule has 1 aliphatic heterocycles. The van der Waals surface area contributed by atoms with Crippen LogP contribution in [0.15, 0.2) is 76.7 Å². The molecule has 0 unspecified atom stereocenters. The summed E-state index contributed by atoms with van der Waals surface area (Å²) in [6.07, 6.45) is 7.10. The number of amidine groups is 1. The molecule has 1 aromatic heterocycles. The zero-order valence-corrected chi connectivity index (χ0v) is 14.9. The summed E-state index contributed by atoms with van der Waals surface area (Å²) in [5, 5.41) is 1.05. The fourth-order valence-electron chi connectivity index (χ4n) is 2.82. The first kappa shape index (κ1) is 16.5. The zero-order chi connectivity index (χ0) is 18.1. The van der Waals surface area contributed by atoms with E-state index in [-0.39, 0.29) is 1.43 Å². The maximum absolute atomic E-state index is 11.6. The highest BCUT2D eigenvalue weighted by Gasteiger charge is 2.14. The van der Waals surface area contributed by atoms with E-state index < -0.39 is 9.84 Å². The first-order valence-corrected chi connectivity index (χ1v) is 10.0. The van der Waals surface area contributed by atoms with Crippen molar-refractivity contribution in [1.82, 2.24) is 4.57 Å². The van der Waals surface area contributed by atoms with Crippen LogP contribution in [0.4, 0.5) is 5.69 Å². The van der Waals surface area contributed by atoms with E-state index in [1.54, 1.807) is 24.3 Å². The number of aromatic nitrogens is 1. The third-order valence-electron chi connectivity index (χ3n) is 4.13. The van der Waals surface area contributed by atoms with Crippen molar-refractivity contribution in [3.05, 3.63) is 84.0 Å². The van der Waals surface area contributed by atoms with Crippen molar-refractivity contribution in [2.45, 2.75) is 4.90 Å². The van der Waals surface area contributed by atoms with Gasteiger partial charge in [0.1, 0.15) is 11.4 Å². The third-order valence-corrected chi connectivity index (χ3v) is 5.26. The Bertz CT molecular complexity index is 1210. The van der Waals surface area contributed by atoms with Crippen molar-refractivity contribution in [3.8, 4) is 5.69 Å². The summed E-state index contributed by atoms with van der Waals surface area (Å²) < 4.78 is 25.2. The van der Waals surface area contributed by atoms with Gasteiger partial charge in [-0.2, -0.15) is 0 Å². The molecular formula is C20H19N3O2S+. The van der Waals surface area contributed by atoms with E-state index in [4.69, 9.17) is 0 Å². The van der Waals surface area contributed by atoms with Crippen LogP contribution in [0.1, 0.15) is 1.43 Å². The molecule has 26 heavy (non-hydrogen) atoms. The van der Waals surface area contributed by atoms with Crippen LogP contribution < -0.4 is 15.7 Å². The Morgan fingerprint density at radius 1 is 1.00 bits per heavy atom. The normalized spacial score (nSPS) is 15.2. The summed E-state index contributed by atoms with van der Waals surface area (Å²) in [5.41, 5.74) is 2.65. The molecule has 2 heterocycles. The summed E-state index contributed by atoms with van der Waals surface area (Å²) >= 11 is 0. The Kier molecular flexibility index (Phi) is 4.05. The highest BCUT2D eigenvalue weighted by Crippen LogP contribution is 2.12. The molecule has 1 N–H and O–H groups in total. The van der Waals surface area contributed by atoms with Gasteiger partial charge in [0, 0.05) is 12.9 Å². The van der Waals surface area contributed by atoms with Crippen molar-refractivity contribution in [2.75, 3.05) is 6.26 Å². The van der Waals surface area contributed by atoms with Gasteiger partial charge in [0.2, 0.25) is 11.3 Å². The van der Waals surface area contributed by atoms with Gasteiger partial charge in [0.05, 0.1) is 17.5 Å². The van der Waals surface area contributed by atoms with Gasteiger partial charge in [0.25, 0.3) is 0 Å². The smallest absolute Gasteiger partial charge is 0.244 e. The van der Waals surface area contributed by atoms with E-state index in [1.165, 1.54) is 6.26 Å². The molecule has 1 radical (unpaired) electrons. The Morgan fingerprint density at radius 3 is 2.42 bits per heavy atom. The first-order valence-electron chi connectivity index (χ1n) is 8.11. The van der Waals surface area contributed by atoms with Gasteiger partial charge >= 0.3 is 0 Å². The van der Waals surface area contributed by atoms with Crippen LogP contribution in [-0.2, 0) is 9.84 Å². The molecule has 0 spiro atoms. The Balaban J connectivity index is 0.00000210. The maximum Gasteiger partial charge on any atom is 0.244 e. The summed E-state index contributed by atoms with van der Waals surface area (Å²) in [4.78, 5) is 8.26. The second-order valence-corrected chi connectivity index (χ2v) is 8.06. The van der Waals surface area contributed by atoms with E-state index in [0.29, 0.717) is 4.90 Å². The highest BCUT2D eigenvalue weighted by molar-refractivity contribution is 7.90. The minimum absolute atomic E-state index is 0. The van der Waals surface area contributed by atoms with Crippen LogP contribution >= 0.6 is 0 Å². The number of nitrogens with zero attached hydrogens (tertiary/aromatic N) is 2. The topological polar surface area (TPSA) is 65.4 Å². The lowest BCUT2D eigenvalue weighted by Crippen LogP contribution is -2.85. The standard InChI is InChI=1S/C20H16N3O2S.H2/c1-26(24,25)18-10-8-17(9-11-18)23-14-13-15-7-12-19(22-20(15)23)21-16-5-3-2-4-6-16;/h2-14H,1H3;1H/p+1. The minimum Gasteiger partial charge on any atom is -0.246 e. The van der Waals surface area contributed by atoms with Gasteiger partial charge in [-0.05, 0) is 42.5 Å². The van der Waals surface area contributed by atoms with Gasteiger partial charge in [-0.3, -0.25) is 0 Å². The second kappa shape index (κ2) is 6.38. The lowest BCUT2D eigenvalue weighted by Gasteiger charge is -2.03. The molecule has 2 aromatic carbocycles. The van der Waals surface area contributed by atoms with Gasteiger partial charge in [-0.25, -0.2) is 18.0 Å². The zero-order valence-electron chi connectivity index (χ0n) is 14.1. The fraction of sp³-hybridized carbons (Fsp3) is 0.0500. The largest absolute Gasteiger partial charge is 0.246 e. The minimum atomic E-state index is -3.20. The highest BCUT2D eigenvalue weighted by atomic mass is 32.2. The summed E-state index contributed by atoms with van der Waals surface area (Å²) in [6.45, 7) is 0. The van der Waals surface area contributed by atoms with E-state index >= 15 is 0 Å². The van der Waals surface area contributed by atoms with Crippen LogP contribution in [0.25, 0.3) is 11.8 Å². The van der Waals surface area contributed by atoms with Crippen LogP contribution in [0.5, 0.6) is 0 Å². The van der Waals surface area contributed by atoms with Crippen LogP contribution in [0.2, 0.25) is 0 Å². The number of rotatable bonds is 3. The van der Waals surface area contributed by atoms with E-state index in [2.05, 4.69) is 9.98 Å². The number of benzene rings is 2. The molecule has 3 aromatic rings. The van der Waals surface area contributed by atoms with Gasteiger partial charge in [0.15, 0.2) is 9.84 Å². The van der Waals surface area contributed by atoms with E-state index in [0.717, 1.165) is 27.9 Å². The molecule has 0 saturated heterocycles. The quantitative estimate of drug-likeness (QED) is 0.737. The molecule has 0 fully saturated rings. The number of aliphatic imine (C=N–C) groups is 1. The molecule has 131 valence electrons. The number of fused-ring (bicyclic) bond motifs is 1. The maximum atomic E-state index is 11.6. The van der Waals surface area contributed by atoms with Gasteiger partial charge in [-0.1, -0.05) is 24.3 Å². The molecule has 1 aliphatic rings. The van der Waals surface area contributed by atoms with E-state index in [1.807, 2.05) is 59.7 Å². The molecule has 6 heteroatoms. The Hall–Kier alpha value is -2.99. The monoisotopic (exact) mass is 365 g/mol.